The molecule has 0 atom stereocenters. The maximum atomic E-state index is 2.22. The van der Waals surface area contributed by atoms with Crippen LogP contribution in [0, 0.1) is 0 Å². The van der Waals surface area contributed by atoms with E-state index < -0.39 is 0 Å². The molecule has 23 heavy (non-hydrogen) atoms. The topological polar surface area (TPSA) is 0 Å². The first-order valence-corrected chi connectivity index (χ1v) is 9.44. The van der Waals surface area contributed by atoms with E-state index >= 15 is 0 Å². The molecule has 4 aromatic rings. The lowest BCUT2D eigenvalue weighted by Gasteiger charge is -1.98. The SMILES string of the molecule is c1ccc2c(c1)Cc1ccccc1-2.c1ccsc1.c1ccsc1. The van der Waals surface area contributed by atoms with E-state index in [1.165, 1.54) is 22.3 Å². The van der Waals surface area contributed by atoms with Gasteiger partial charge in [-0.2, -0.15) is 22.7 Å². The lowest BCUT2D eigenvalue weighted by atomic mass is 10.1. The predicted molar refractivity (Wildman–Crippen MR) is 103 cm³/mol. The molecule has 0 aliphatic heterocycles. The van der Waals surface area contributed by atoms with Gasteiger partial charge in [0.25, 0.3) is 0 Å². The molecular formula is C21H18S2. The molecule has 114 valence electrons. The van der Waals surface area contributed by atoms with Crippen LogP contribution in [0.4, 0.5) is 0 Å². The van der Waals surface area contributed by atoms with Gasteiger partial charge >= 0.3 is 0 Å². The van der Waals surface area contributed by atoms with Gasteiger partial charge in [-0.05, 0) is 50.2 Å². The van der Waals surface area contributed by atoms with Crippen molar-refractivity contribution in [2.45, 2.75) is 6.42 Å². The van der Waals surface area contributed by atoms with E-state index in [0.717, 1.165) is 6.42 Å². The smallest absolute Gasteiger partial charge is 0.00135 e. The molecule has 1 aliphatic carbocycles. The summed E-state index contributed by atoms with van der Waals surface area (Å²) >= 11 is 3.43. The number of rotatable bonds is 0. The standard InChI is InChI=1S/C13H10.2C4H4S/c1-3-7-12-10(5-1)9-11-6-2-4-8-13(11)12;2*1-2-4-5-3-1/h1-8H,9H2;2*1-4H. The lowest BCUT2D eigenvalue weighted by molar-refractivity contribution is 1.26. The highest BCUT2D eigenvalue weighted by molar-refractivity contribution is 7.08. The van der Waals surface area contributed by atoms with E-state index in [4.69, 9.17) is 0 Å². The zero-order chi connectivity index (χ0) is 15.7. The highest BCUT2D eigenvalue weighted by atomic mass is 32.1. The number of thiophene rings is 2. The van der Waals surface area contributed by atoms with Crippen molar-refractivity contribution in [3.05, 3.63) is 105 Å². The van der Waals surface area contributed by atoms with Gasteiger partial charge in [0.2, 0.25) is 0 Å². The average Bonchev–Trinajstić information content (AvgIpc) is 3.38. The summed E-state index contributed by atoms with van der Waals surface area (Å²) in [6, 6.07) is 25.4. The Bertz CT molecular complexity index is 695. The molecule has 0 spiro atoms. The molecule has 0 radical (unpaired) electrons. The second kappa shape index (κ2) is 8.47. The van der Waals surface area contributed by atoms with Crippen LogP contribution in [-0.4, -0.2) is 0 Å². The monoisotopic (exact) mass is 334 g/mol. The Morgan fingerprint density at radius 1 is 0.478 bits per heavy atom. The Morgan fingerprint density at radius 3 is 1.22 bits per heavy atom. The summed E-state index contributed by atoms with van der Waals surface area (Å²) in [6.07, 6.45) is 1.10. The minimum absolute atomic E-state index is 1.10. The minimum atomic E-state index is 1.10. The van der Waals surface area contributed by atoms with E-state index in [2.05, 4.69) is 48.5 Å². The summed E-state index contributed by atoms with van der Waals surface area (Å²) in [5.41, 5.74) is 5.75. The summed E-state index contributed by atoms with van der Waals surface area (Å²) in [5.74, 6) is 0. The van der Waals surface area contributed by atoms with Gasteiger partial charge in [-0.15, -0.1) is 0 Å². The van der Waals surface area contributed by atoms with Crippen LogP contribution in [0.25, 0.3) is 11.1 Å². The maximum Gasteiger partial charge on any atom is -0.00135 e. The average molecular weight is 335 g/mol. The van der Waals surface area contributed by atoms with Gasteiger partial charge in [0.1, 0.15) is 0 Å². The Balaban J connectivity index is 0.000000128. The first-order chi connectivity index (χ1) is 11.4. The van der Waals surface area contributed by atoms with Crippen molar-refractivity contribution in [1.29, 1.82) is 0 Å². The van der Waals surface area contributed by atoms with Gasteiger partial charge in [0, 0.05) is 0 Å². The second-order valence-corrected chi connectivity index (χ2v) is 6.71. The van der Waals surface area contributed by atoms with E-state index in [0.29, 0.717) is 0 Å². The first-order valence-electron chi connectivity index (χ1n) is 7.55. The summed E-state index contributed by atoms with van der Waals surface area (Å²) in [5, 5.41) is 8.17. The van der Waals surface area contributed by atoms with Gasteiger partial charge < -0.3 is 0 Å². The van der Waals surface area contributed by atoms with Crippen LogP contribution < -0.4 is 0 Å². The molecule has 0 N–H and O–H groups in total. The van der Waals surface area contributed by atoms with Gasteiger partial charge in [0.15, 0.2) is 0 Å². The maximum absolute atomic E-state index is 2.22. The molecule has 5 rings (SSSR count). The fraction of sp³-hybridized carbons (Fsp3) is 0.0476. The lowest BCUT2D eigenvalue weighted by Crippen LogP contribution is -1.77. The molecule has 0 saturated carbocycles. The largest absolute Gasteiger partial charge is 0.152 e. The zero-order valence-electron chi connectivity index (χ0n) is 12.8. The molecule has 2 aromatic heterocycles. The van der Waals surface area contributed by atoms with Crippen molar-refractivity contribution in [3.8, 4) is 11.1 Å². The van der Waals surface area contributed by atoms with Crippen molar-refractivity contribution in [1.82, 2.24) is 0 Å². The third-order valence-corrected chi connectivity index (χ3v) is 4.81. The third kappa shape index (κ3) is 4.41. The van der Waals surface area contributed by atoms with Crippen LogP contribution in [-0.2, 0) is 6.42 Å². The van der Waals surface area contributed by atoms with Crippen molar-refractivity contribution >= 4 is 22.7 Å². The van der Waals surface area contributed by atoms with Crippen molar-refractivity contribution in [3.63, 3.8) is 0 Å². The Morgan fingerprint density at radius 2 is 0.870 bits per heavy atom. The molecule has 2 aromatic carbocycles. The molecule has 0 unspecified atom stereocenters. The van der Waals surface area contributed by atoms with Crippen LogP contribution in [0.3, 0.4) is 0 Å². The summed E-state index contributed by atoms with van der Waals surface area (Å²) in [4.78, 5) is 0. The Hall–Kier alpha value is -2.16. The summed E-state index contributed by atoms with van der Waals surface area (Å²) in [7, 11) is 0. The summed E-state index contributed by atoms with van der Waals surface area (Å²) in [6.45, 7) is 0. The predicted octanol–water partition coefficient (Wildman–Crippen LogP) is 6.75. The van der Waals surface area contributed by atoms with Crippen molar-refractivity contribution in [2.75, 3.05) is 0 Å². The number of benzene rings is 2. The number of fused-ring (bicyclic) bond motifs is 3. The van der Waals surface area contributed by atoms with E-state index in [-0.39, 0.29) is 0 Å². The van der Waals surface area contributed by atoms with Crippen molar-refractivity contribution in [2.24, 2.45) is 0 Å². The van der Waals surface area contributed by atoms with Crippen LogP contribution in [0.5, 0.6) is 0 Å². The zero-order valence-corrected chi connectivity index (χ0v) is 14.4. The third-order valence-electron chi connectivity index (χ3n) is 3.56. The fourth-order valence-corrected chi connectivity index (χ4v) is 3.44. The van der Waals surface area contributed by atoms with Crippen LogP contribution in [0.15, 0.2) is 94.3 Å². The van der Waals surface area contributed by atoms with Gasteiger partial charge in [-0.1, -0.05) is 72.8 Å². The minimum Gasteiger partial charge on any atom is -0.152 e. The second-order valence-electron chi connectivity index (χ2n) is 5.08. The molecule has 0 nitrogen and oxygen atoms in total. The van der Waals surface area contributed by atoms with Crippen molar-refractivity contribution < 1.29 is 0 Å². The Kier molecular flexibility index (Phi) is 5.79. The number of hydrogen-bond acceptors (Lipinski definition) is 2. The van der Waals surface area contributed by atoms with Gasteiger partial charge in [0.05, 0.1) is 0 Å². The molecule has 1 aliphatic rings. The molecule has 0 fully saturated rings. The Labute approximate surface area is 145 Å². The van der Waals surface area contributed by atoms with Crippen LogP contribution >= 0.6 is 22.7 Å². The van der Waals surface area contributed by atoms with Crippen LogP contribution in [0.2, 0.25) is 0 Å². The van der Waals surface area contributed by atoms with Crippen LogP contribution in [0.1, 0.15) is 11.1 Å². The van der Waals surface area contributed by atoms with E-state index in [1.54, 1.807) is 22.7 Å². The fourth-order valence-electron chi connectivity index (χ4n) is 2.53. The summed E-state index contributed by atoms with van der Waals surface area (Å²) < 4.78 is 0. The van der Waals surface area contributed by atoms with Gasteiger partial charge in [-0.3, -0.25) is 0 Å². The molecular weight excluding hydrogens is 316 g/mol. The van der Waals surface area contributed by atoms with Gasteiger partial charge in [-0.25, -0.2) is 0 Å². The quantitative estimate of drug-likeness (QED) is 0.294. The molecule has 0 amide bonds. The van der Waals surface area contributed by atoms with E-state index in [1.807, 2.05) is 45.8 Å². The molecule has 0 saturated heterocycles. The normalized spacial score (nSPS) is 10.4. The first kappa shape index (κ1) is 15.7. The number of hydrogen-bond donors (Lipinski definition) is 0. The highest BCUT2D eigenvalue weighted by Crippen LogP contribution is 2.35. The van der Waals surface area contributed by atoms with E-state index in [9.17, 15) is 0 Å². The molecule has 2 heterocycles. The highest BCUT2D eigenvalue weighted by Gasteiger charge is 2.15. The molecule has 0 bridgehead atoms. The molecule has 2 heteroatoms.